The molecule has 40 heavy (non-hydrogen) atoms. The molecule has 1 unspecified atom stereocenters. The van der Waals surface area contributed by atoms with Crippen LogP contribution >= 0.6 is 11.6 Å². The van der Waals surface area contributed by atoms with E-state index in [2.05, 4.69) is 0 Å². The third kappa shape index (κ3) is 6.02. The SMILES string of the molecule is COc1cn(C(Cc2ccccc2)C(=O)Cc2ccc(C(=O)O)cc2)c(=O)cc1-c1c(C(C)=O)ccc(Cl)c1F. The number of Topliss-reactive ketones (excluding diaryl/α,β-unsaturated/α-hetero) is 2. The van der Waals surface area contributed by atoms with Crippen molar-refractivity contribution in [2.75, 3.05) is 7.11 Å². The van der Waals surface area contributed by atoms with Crippen molar-refractivity contribution in [1.29, 1.82) is 0 Å². The molecule has 0 spiro atoms. The summed E-state index contributed by atoms with van der Waals surface area (Å²) in [6.45, 7) is 1.28. The first-order valence-corrected chi connectivity index (χ1v) is 12.7. The molecule has 0 amide bonds. The molecule has 1 atom stereocenters. The maximum absolute atomic E-state index is 15.2. The minimum atomic E-state index is -1.08. The smallest absolute Gasteiger partial charge is 0.335 e. The van der Waals surface area contributed by atoms with Gasteiger partial charge in [-0.2, -0.15) is 0 Å². The molecule has 0 saturated carbocycles. The number of halogens is 2. The van der Waals surface area contributed by atoms with E-state index in [-0.39, 0.29) is 51.7 Å². The van der Waals surface area contributed by atoms with Crippen molar-refractivity contribution in [2.45, 2.75) is 25.8 Å². The van der Waals surface area contributed by atoms with Gasteiger partial charge in [0.2, 0.25) is 0 Å². The second-order valence-electron chi connectivity index (χ2n) is 9.19. The van der Waals surface area contributed by atoms with Crippen molar-refractivity contribution in [2.24, 2.45) is 0 Å². The van der Waals surface area contributed by atoms with E-state index < -0.39 is 29.2 Å². The number of pyridine rings is 1. The lowest BCUT2D eigenvalue weighted by Gasteiger charge is -2.22. The molecule has 1 N–H and O–H groups in total. The average Bonchev–Trinajstić information content (AvgIpc) is 2.94. The summed E-state index contributed by atoms with van der Waals surface area (Å²) in [7, 11) is 1.33. The summed E-state index contributed by atoms with van der Waals surface area (Å²) in [6, 6.07) is 17.9. The molecule has 0 fully saturated rings. The fourth-order valence-corrected chi connectivity index (χ4v) is 4.68. The third-order valence-electron chi connectivity index (χ3n) is 6.57. The minimum Gasteiger partial charge on any atom is -0.495 e. The van der Waals surface area contributed by atoms with E-state index in [1.54, 1.807) is 12.1 Å². The van der Waals surface area contributed by atoms with Gasteiger partial charge < -0.3 is 14.4 Å². The van der Waals surface area contributed by atoms with E-state index in [0.29, 0.717) is 5.56 Å². The van der Waals surface area contributed by atoms with Crippen LogP contribution in [0.5, 0.6) is 5.75 Å². The average molecular weight is 562 g/mol. The van der Waals surface area contributed by atoms with E-state index in [1.165, 1.54) is 49.1 Å². The molecular formula is C31H25ClFNO6. The van der Waals surface area contributed by atoms with Crippen LogP contribution < -0.4 is 10.3 Å². The van der Waals surface area contributed by atoms with Crippen molar-refractivity contribution in [1.82, 2.24) is 4.57 Å². The van der Waals surface area contributed by atoms with Gasteiger partial charge in [0, 0.05) is 35.6 Å². The lowest BCUT2D eigenvalue weighted by molar-refractivity contribution is -0.121. The van der Waals surface area contributed by atoms with Crippen LogP contribution in [0.4, 0.5) is 4.39 Å². The van der Waals surface area contributed by atoms with Crippen molar-refractivity contribution >= 4 is 29.1 Å². The van der Waals surface area contributed by atoms with Gasteiger partial charge >= 0.3 is 5.97 Å². The molecule has 4 aromatic rings. The molecule has 0 aliphatic heterocycles. The number of hydrogen-bond donors (Lipinski definition) is 1. The highest BCUT2D eigenvalue weighted by molar-refractivity contribution is 6.31. The van der Waals surface area contributed by atoms with Crippen LogP contribution in [-0.2, 0) is 17.6 Å². The topological polar surface area (TPSA) is 103 Å². The van der Waals surface area contributed by atoms with Gasteiger partial charge in [-0.25, -0.2) is 9.18 Å². The lowest BCUT2D eigenvalue weighted by Crippen LogP contribution is -2.32. The Morgan fingerprint density at radius 2 is 1.68 bits per heavy atom. The highest BCUT2D eigenvalue weighted by Crippen LogP contribution is 2.37. The number of carbonyl (C=O) groups is 3. The minimum absolute atomic E-state index is 0.0269. The number of carbonyl (C=O) groups excluding carboxylic acids is 2. The Labute approximate surface area is 234 Å². The highest BCUT2D eigenvalue weighted by atomic mass is 35.5. The second kappa shape index (κ2) is 12.1. The van der Waals surface area contributed by atoms with Crippen molar-refractivity contribution in [3.63, 3.8) is 0 Å². The van der Waals surface area contributed by atoms with Gasteiger partial charge in [0.1, 0.15) is 11.6 Å². The first-order chi connectivity index (χ1) is 19.1. The van der Waals surface area contributed by atoms with Gasteiger partial charge in [-0.15, -0.1) is 0 Å². The number of hydrogen-bond acceptors (Lipinski definition) is 5. The summed E-state index contributed by atoms with van der Waals surface area (Å²) in [6.07, 6.45) is 1.45. The summed E-state index contributed by atoms with van der Waals surface area (Å²) in [5.74, 6) is -2.61. The fourth-order valence-electron chi connectivity index (χ4n) is 4.53. The number of carboxylic acids is 1. The number of ketones is 2. The maximum Gasteiger partial charge on any atom is 0.335 e. The quantitative estimate of drug-likeness (QED) is 0.245. The summed E-state index contributed by atoms with van der Waals surface area (Å²) < 4.78 is 22.0. The first kappa shape index (κ1) is 28.4. The largest absolute Gasteiger partial charge is 0.495 e. The molecule has 0 radical (unpaired) electrons. The van der Waals surface area contributed by atoms with E-state index in [4.69, 9.17) is 21.4 Å². The molecule has 0 bridgehead atoms. The molecule has 1 aromatic heterocycles. The van der Waals surface area contributed by atoms with Crippen LogP contribution in [0, 0.1) is 5.82 Å². The molecule has 204 valence electrons. The van der Waals surface area contributed by atoms with Gasteiger partial charge in [0.15, 0.2) is 11.6 Å². The number of aromatic carboxylic acids is 1. The number of carboxylic acid groups (broad SMARTS) is 1. The zero-order valence-electron chi connectivity index (χ0n) is 21.7. The number of methoxy groups -OCH3 is 1. The normalized spacial score (nSPS) is 11.6. The van der Waals surface area contributed by atoms with Gasteiger partial charge in [-0.05, 0) is 42.3 Å². The van der Waals surface area contributed by atoms with Gasteiger partial charge in [0.05, 0.1) is 29.9 Å². The zero-order chi connectivity index (χ0) is 29.0. The van der Waals surface area contributed by atoms with Crippen molar-refractivity contribution in [3.8, 4) is 16.9 Å². The molecule has 1 heterocycles. The summed E-state index contributed by atoms with van der Waals surface area (Å²) in [4.78, 5) is 50.6. The Balaban J connectivity index is 1.82. The van der Waals surface area contributed by atoms with E-state index in [1.807, 2.05) is 30.3 Å². The van der Waals surface area contributed by atoms with E-state index in [0.717, 1.165) is 11.6 Å². The molecule has 3 aromatic carbocycles. The molecule has 0 aliphatic carbocycles. The number of rotatable bonds is 10. The molecule has 9 heteroatoms. The van der Waals surface area contributed by atoms with Crippen LogP contribution in [0.1, 0.15) is 44.8 Å². The number of aromatic nitrogens is 1. The molecule has 4 rings (SSSR count). The third-order valence-corrected chi connectivity index (χ3v) is 6.86. The Bertz CT molecular complexity index is 1650. The monoisotopic (exact) mass is 561 g/mol. The van der Waals surface area contributed by atoms with Gasteiger partial charge in [-0.1, -0.05) is 54.1 Å². The van der Waals surface area contributed by atoms with Crippen LogP contribution in [-0.4, -0.2) is 34.3 Å². The second-order valence-corrected chi connectivity index (χ2v) is 9.60. The first-order valence-electron chi connectivity index (χ1n) is 12.3. The van der Waals surface area contributed by atoms with Crippen LogP contribution in [0.25, 0.3) is 11.1 Å². The summed E-state index contributed by atoms with van der Waals surface area (Å²) >= 11 is 6.01. The van der Waals surface area contributed by atoms with E-state index >= 15 is 4.39 Å². The highest BCUT2D eigenvalue weighted by Gasteiger charge is 2.26. The van der Waals surface area contributed by atoms with Crippen LogP contribution in [0.3, 0.4) is 0 Å². The zero-order valence-corrected chi connectivity index (χ0v) is 22.4. The predicted octanol–water partition coefficient (Wildman–Crippen LogP) is 5.81. The number of benzene rings is 3. The summed E-state index contributed by atoms with van der Waals surface area (Å²) in [5.41, 5.74) is 0.759. The van der Waals surface area contributed by atoms with Crippen LogP contribution in [0.15, 0.2) is 83.8 Å². The standard InChI is InChI=1S/C31H25ClFNO6/c1-18(35)22-12-13-24(32)30(33)29(22)23-16-28(37)34(17-27(23)40-2)25(14-19-6-4-3-5-7-19)26(36)15-20-8-10-21(11-9-20)31(38)39/h3-13,16-17,25H,14-15H2,1-2H3,(H,38,39). The fraction of sp³-hybridized carbons (Fsp3) is 0.161. The Morgan fingerprint density at radius 1 is 1.00 bits per heavy atom. The molecule has 7 nitrogen and oxygen atoms in total. The Morgan fingerprint density at radius 3 is 2.27 bits per heavy atom. The molecular weight excluding hydrogens is 537 g/mol. The van der Waals surface area contributed by atoms with E-state index in [9.17, 15) is 19.2 Å². The number of nitrogens with zero attached hydrogens (tertiary/aromatic N) is 1. The molecule has 0 aliphatic rings. The summed E-state index contributed by atoms with van der Waals surface area (Å²) in [5, 5.41) is 8.93. The van der Waals surface area contributed by atoms with Crippen LogP contribution in [0.2, 0.25) is 5.02 Å². The lowest BCUT2D eigenvalue weighted by atomic mass is 9.95. The predicted molar refractivity (Wildman–Crippen MR) is 149 cm³/mol. The molecule has 0 saturated heterocycles. The maximum atomic E-state index is 15.2. The van der Waals surface area contributed by atoms with Gasteiger partial charge in [-0.3, -0.25) is 14.4 Å². The Hall–Kier alpha value is -4.56. The van der Waals surface area contributed by atoms with Gasteiger partial charge in [0.25, 0.3) is 5.56 Å². The number of ether oxygens (including phenoxy) is 1. The van der Waals surface area contributed by atoms with Crippen molar-refractivity contribution in [3.05, 3.63) is 122 Å². The Kier molecular flexibility index (Phi) is 8.60. The van der Waals surface area contributed by atoms with Crippen molar-refractivity contribution < 1.29 is 28.6 Å².